The Hall–Kier alpha value is -2.34. The molecular weight excluding hydrogens is 372 g/mol. The van der Waals surface area contributed by atoms with E-state index in [1.165, 1.54) is 28.9 Å². The highest BCUT2D eigenvalue weighted by Gasteiger charge is 2.32. The predicted molar refractivity (Wildman–Crippen MR) is 111 cm³/mol. The van der Waals surface area contributed by atoms with Gasteiger partial charge in [0.25, 0.3) is 0 Å². The van der Waals surface area contributed by atoms with E-state index in [0.717, 1.165) is 56.2 Å². The Labute approximate surface area is 169 Å². The molecule has 4 rings (SSSR count). The lowest BCUT2D eigenvalue weighted by molar-refractivity contribution is 0.0601. The van der Waals surface area contributed by atoms with Gasteiger partial charge in [-0.1, -0.05) is 29.8 Å². The van der Waals surface area contributed by atoms with Crippen LogP contribution >= 0.6 is 11.3 Å². The highest BCUT2D eigenvalue weighted by atomic mass is 32.1. The van der Waals surface area contributed by atoms with Gasteiger partial charge in [0.05, 0.1) is 18.7 Å². The van der Waals surface area contributed by atoms with Crippen molar-refractivity contribution in [1.82, 2.24) is 4.90 Å². The second kappa shape index (κ2) is 7.95. The molecule has 1 atom stereocenters. The van der Waals surface area contributed by atoms with Gasteiger partial charge in [-0.15, -0.1) is 11.3 Å². The maximum atomic E-state index is 13.1. The summed E-state index contributed by atoms with van der Waals surface area (Å²) in [6.07, 6.45) is 5.99. The minimum atomic E-state index is -0.355. The van der Waals surface area contributed by atoms with E-state index in [1.807, 2.05) is 4.90 Å². The Morgan fingerprint density at radius 3 is 2.64 bits per heavy atom. The van der Waals surface area contributed by atoms with Crippen molar-refractivity contribution in [2.45, 2.75) is 51.5 Å². The number of carbonyl (C=O) groups excluding carboxylic acids is 2. The molecule has 0 saturated carbocycles. The average molecular weight is 399 g/mol. The summed E-state index contributed by atoms with van der Waals surface area (Å²) in [5, 5.41) is 3.68. The molecule has 2 aromatic rings. The first kappa shape index (κ1) is 19.0. The Morgan fingerprint density at radius 1 is 1.14 bits per heavy atom. The minimum Gasteiger partial charge on any atom is -0.465 e. The van der Waals surface area contributed by atoms with Crippen LogP contribution in [0.1, 0.15) is 63.7 Å². The molecule has 5 nitrogen and oxygen atoms in total. The van der Waals surface area contributed by atoms with Crippen LogP contribution in [-0.2, 0) is 17.6 Å². The molecule has 1 unspecified atom stereocenters. The number of thiophene rings is 1. The van der Waals surface area contributed by atoms with Gasteiger partial charge >= 0.3 is 12.0 Å². The average Bonchev–Trinajstić information content (AvgIpc) is 3.32. The molecule has 1 saturated heterocycles. The molecule has 2 heterocycles. The first-order valence-corrected chi connectivity index (χ1v) is 10.8. The number of nitrogens with zero attached hydrogens (tertiary/aromatic N) is 1. The van der Waals surface area contributed by atoms with Crippen molar-refractivity contribution in [1.29, 1.82) is 0 Å². The number of nitrogens with one attached hydrogen (secondary N) is 1. The van der Waals surface area contributed by atoms with Gasteiger partial charge in [0.2, 0.25) is 0 Å². The number of ether oxygens (including phenoxy) is 1. The van der Waals surface area contributed by atoms with Crippen molar-refractivity contribution in [2.75, 3.05) is 19.0 Å². The number of benzene rings is 1. The third kappa shape index (κ3) is 3.53. The number of hydrogen-bond donors (Lipinski definition) is 1. The minimum absolute atomic E-state index is 0.0803. The molecule has 0 spiro atoms. The van der Waals surface area contributed by atoms with Crippen molar-refractivity contribution in [2.24, 2.45) is 0 Å². The number of rotatable bonds is 3. The van der Waals surface area contributed by atoms with E-state index in [1.54, 1.807) is 0 Å². The van der Waals surface area contributed by atoms with Gasteiger partial charge in [0, 0.05) is 11.4 Å². The van der Waals surface area contributed by atoms with Crippen molar-refractivity contribution in [3.63, 3.8) is 0 Å². The van der Waals surface area contributed by atoms with Crippen molar-refractivity contribution < 1.29 is 14.3 Å². The molecular formula is C22H26N2O3S. The number of anilines is 1. The van der Waals surface area contributed by atoms with Crippen LogP contribution in [0.5, 0.6) is 0 Å². The second-order valence-corrected chi connectivity index (χ2v) is 8.70. The number of urea groups is 1. The summed E-state index contributed by atoms with van der Waals surface area (Å²) in [5.74, 6) is -0.355. The molecule has 1 fully saturated rings. The van der Waals surface area contributed by atoms with E-state index in [0.29, 0.717) is 10.6 Å². The molecule has 1 aliphatic heterocycles. The van der Waals surface area contributed by atoms with Crippen molar-refractivity contribution >= 4 is 28.3 Å². The topological polar surface area (TPSA) is 58.6 Å². The Morgan fingerprint density at radius 2 is 1.89 bits per heavy atom. The molecule has 0 radical (unpaired) electrons. The molecule has 0 bridgehead atoms. The van der Waals surface area contributed by atoms with Crippen LogP contribution in [0, 0.1) is 6.92 Å². The molecule has 2 amide bonds. The molecule has 2 aliphatic rings. The van der Waals surface area contributed by atoms with Crippen LogP contribution in [0.4, 0.5) is 9.80 Å². The summed E-state index contributed by atoms with van der Waals surface area (Å²) >= 11 is 1.53. The van der Waals surface area contributed by atoms with Gasteiger partial charge in [0.15, 0.2) is 0 Å². The highest BCUT2D eigenvalue weighted by Crippen LogP contribution is 2.39. The summed E-state index contributed by atoms with van der Waals surface area (Å²) in [7, 11) is 1.40. The maximum absolute atomic E-state index is 13.1. The van der Waals surface area contributed by atoms with Crippen LogP contribution in [0.25, 0.3) is 0 Å². The van der Waals surface area contributed by atoms with Gasteiger partial charge in [-0.05, 0) is 56.6 Å². The van der Waals surface area contributed by atoms with Crippen molar-refractivity contribution in [3.05, 3.63) is 51.4 Å². The third-order valence-electron chi connectivity index (χ3n) is 5.76. The molecule has 28 heavy (non-hydrogen) atoms. The van der Waals surface area contributed by atoms with E-state index in [9.17, 15) is 9.59 Å². The summed E-state index contributed by atoms with van der Waals surface area (Å²) in [5.41, 5.74) is 4.00. The predicted octanol–water partition coefficient (Wildman–Crippen LogP) is 5.09. The second-order valence-electron chi connectivity index (χ2n) is 7.60. The van der Waals surface area contributed by atoms with Crippen molar-refractivity contribution in [3.8, 4) is 0 Å². The Kier molecular flexibility index (Phi) is 5.40. The Balaban J connectivity index is 1.58. The van der Waals surface area contributed by atoms with E-state index in [2.05, 4.69) is 36.5 Å². The number of fused-ring (bicyclic) bond motifs is 1. The zero-order valence-electron chi connectivity index (χ0n) is 16.4. The van der Waals surface area contributed by atoms with Crippen LogP contribution < -0.4 is 5.32 Å². The fourth-order valence-corrected chi connectivity index (χ4v) is 5.55. The third-order valence-corrected chi connectivity index (χ3v) is 6.96. The van der Waals surface area contributed by atoms with E-state index < -0.39 is 0 Å². The SMILES string of the molecule is COC(=O)c1c(NC(=O)N2CCCC2c2ccc(C)cc2)sc2c1CCCC2. The number of aryl methyl sites for hydroxylation is 2. The first-order chi connectivity index (χ1) is 13.6. The zero-order valence-corrected chi connectivity index (χ0v) is 17.2. The summed E-state index contributed by atoms with van der Waals surface area (Å²) in [4.78, 5) is 28.6. The lowest BCUT2D eigenvalue weighted by Gasteiger charge is -2.25. The summed E-state index contributed by atoms with van der Waals surface area (Å²) < 4.78 is 5.01. The largest absolute Gasteiger partial charge is 0.465 e. The fraction of sp³-hybridized carbons (Fsp3) is 0.455. The van der Waals surface area contributed by atoms with Crippen LogP contribution in [0.3, 0.4) is 0 Å². The first-order valence-electron chi connectivity index (χ1n) is 9.95. The van der Waals surface area contributed by atoms with Gasteiger partial charge in [-0.25, -0.2) is 9.59 Å². The monoisotopic (exact) mass is 398 g/mol. The van der Waals surface area contributed by atoms with Gasteiger partial charge in [-0.2, -0.15) is 0 Å². The number of amides is 2. The van der Waals surface area contributed by atoms with Crippen LogP contribution in [0.2, 0.25) is 0 Å². The molecule has 1 N–H and O–H groups in total. The van der Waals surface area contributed by atoms with E-state index in [4.69, 9.17) is 4.74 Å². The van der Waals surface area contributed by atoms with E-state index in [-0.39, 0.29) is 18.0 Å². The smallest absolute Gasteiger partial charge is 0.341 e. The maximum Gasteiger partial charge on any atom is 0.341 e. The lowest BCUT2D eigenvalue weighted by atomic mass is 9.95. The number of hydrogen-bond acceptors (Lipinski definition) is 4. The number of methoxy groups -OCH3 is 1. The molecule has 1 aromatic carbocycles. The van der Waals surface area contributed by atoms with Crippen LogP contribution in [0.15, 0.2) is 24.3 Å². The molecule has 1 aromatic heterocycles. The van der Waals surface area contributed by atoms with Gasteiger partial charge in [-0.3, -0.25) is 5.32 Å². The quantitative estimate of drug-likeness (QED) is 0.733. The normalized spacial score (nSPS) is 18.6. The van der Waals surface area contributed by atoms with Gasteiger partial charge < -0.3 is 9.64 Å². The standard InChI is InChI=1S/C22H26N2O3S/c1-14-9-11-15(12-10-14)17-7-5-13-24(17)22(26)23-20-19(21(25)27-2)16-6-3-4-8-18(16)28-20/h9-12,17H,3-8,13H2,1-2H3,(H,23,26). The summed E-state index contributed by atoms with van der Waals surface area (Å²) in [6, 6.07) is 8.34. The molecule has 6 heteroatoms. The van der Waals surface area contributed by atoms with Crippen LogP contribution in [-0.4, -0.2) is 30.6 Å². The van der Waals surface area contributed by atoms with Gasteiger partial charge in [0.1, 0.15) is 5.00 Å². The highest BCUT2D eigenvalue weighted by molar-refractivity contribution is 7.17. The fourth-order valence-electron chi connectivity index (χ4n) is 4.29. The molecule has 148 valence electrons. The Bertz CT molecular complexity index is 888. The molecule has 1 aliphatic carbocycles. The number of likely N-dealkylation sites (tertiary alicyclic amines) is 1. The zero-order chi connectivity index (χ0) is 19.7. The van der Waals surface area contributed by atoms with E-state index >= 15 is 0 Å². The summed E-state index contributed by atoms with van der Waals surface area (Å²) in [6.45, 7) is 2.79. The number of esters is 1. The number of carbonyl (C=O) groups is 2. The lowest BCUT2D eigenvalue weighted by Crippen LogP contribution is -2.34.